The van der Waals surface area contributed by atoms with E-state index in [-0.39, 0.29) is 6.04 Å². The molecule has 26 heavy (non-hydrogen) atoms. The molecule has 0 aliphatic rings. The molecule has 132 valence electrons. The van der Waals surface area contributed by atoms with E-state index in [2.05, 4.69) is 5.32 Å². The first-order valence-electron chi connectivity index (χ1n) is 8.41. The fourth-order valence-electron chi connectivity index (χ4n) is 2.97. The number of benzene rings is 3. The van der Waals surface area contributed by atoms with E-state index in [0.717, 1.165) is 11.1 Å². The van der Waals surface area contributed by atoms with Crippen molar-refractivity contribution in [3.05, 3.63) is 102 Å². The fourth-order valence-corrected chi connectivity index (χ4v) is 2.97. The molecule has 0 heterocycles. The van der Waals surface area contributed by atoms with Crippen molar-refractivity contribution in [3.8, 4) is 5.75 Å². The number of aliphatic carboxylic acids is 1. The van der Waals surface area contributed by atoms with Crippen molar-refractivity contribution in [2.75, 3.05) is 7.11 Å². The third-order valence-corrected chi connectivity index (χ3v) is 4.27. The zero-order chi connectivity index (χ0) is 18.4. The van der Waals surface area contributed by atoms with Crippen LogP contribution in [0.1, 0.15) is 28.8 Å². The summed E-state index contributed by atoms with van der Waals surface area (Å²) in [5.41, 5.74) is 2.66. The highest BCUT2D eigenvalue weighted by Gasteiger charge is 2.25. The van der Waals surface area contributed by atoms with Crippen LogP contribution >= 0.6 is 0 Å². The van der Waals surface area contributed by atoms with Crippen molar-refractivity contribution in [3.63, 3.8) is 0 Å². The van der Waals surface area contributed by atoms with E-state index in [1.54, 1.807) is 31.4 Å². The maximum atomic E-state index is 12.0. The minimum Gasteiger partial charge on any atom is -0.497 e. The van der Waals surface area contributed by atoms with Gasteiger partial charge in [0.25, 0.3) is 0 Å². The maximum Gasteiger partial charge on any atom is 0.325 e. The topological polar surface area (TPSA) is 58.6 Å². The van der Waals surface area contributed by atoms with Crippen LogP contribution in [-0.2, 0) is 4.79 Å². The van der Waals surface area contributed by atoms with Crippen LogP contribution in [0.4, 0.5) is 0 Å². The number of carboxylic acid groups (broad SMARTS) is 1. The molecule has 0 aliphatic heterocycles. The number of ether oxygens (including phenoxy) is 1. The van der Waals surface area contributed by atoms with Gasteiger partial charge in [0, 0.05) is 0 Å². The standard InChI is InChI=1S/C22H21NO3/c1-26-19-14-8-13-18(15-19)21(22(24)25)23-20(16-9-4-2-5-10-16)17-11-6-3-7-12-17/h2-15,20-21,23H,1H3,(H,24,25)/t21-/m1/s1. The van der Waals surface area contributed by atoms with Crippen LogP contribution in [0.2, 0.25) is 0 Å². The Labute approximate surface area is 153 Å². The van der Waals surface area contributed by atoms with Crippen LogP contribution in [0.15, 0.2) is 84.9 Å². The lowest BCUT2D eigenvalue weighted by atomic mass is 9.96. The van der Waals surface area contributed by atoms with E-state index in [9.17, 15) is 9.90 Å². The smallest absolute Gasteiger partial charge is 0.325 e. The summed E-state index contributed by atoms with van der Waals surface area (Å²) in [5.74, 6) is -0.304. The first kappa shape index (κ1) is 17.7. The molecule has 3 aromatic carbocycles. The van der Waals surface area contributed by atoms with Gasteiger partial charge in [0.15, 0.2) is 0 Å². The second kappa shape index (κ2) is 8.32. The highest BCUT2D eigenvalue weighted by molar-refractivity contribution is 5.76. The summed E-state index contributed by atoms with van der Waals surface area (Å²) in [6, 6.07) is 25.7. The second-order valence-corrected chi connectivity index (χ2v) is 5.97. The SMILES string of the molecule is COc1cccc([C@@H](NC(c2ccccc2)c2ccccc2)C(=O)O)c1. The third-order valence-electron chi connectivity index (χ3n) is 4.27. The molecule has 0 spiro atoms. The van der Waals surface area contributed by atoms with Crippen LogP contribution < -0.4 is 10.1 Å². The summed E-state index contributed by atoms with van der Waals surface area (Å²) in [6.45, 7) is 0. The van der Waals surface area contributed by atoms with Gasteiger partial charge in [-0.2, -0.15) is 0 Å². The number of methoxy groups -OCH3 is 1. The van der Waals surface area contributed by atoms with Crippen LogP contribution in [-0.4, -0.2) is 18.2 Å². The van der Waals surface area contributed by atoms with Crippen molar-refractivity contribution < 1.29 is 14.6 Å². The van der Waals surface area contributed by atoms with Crippen molar-refractivity contribution in [1.29, 1.82) is 0 Å². The van der Waals surface area contributed by atoms with Crippen molar-refractivity contribution in [2.45, 2.75) is 12.1 Å². The van der Waals surface area contributed by atoms with Gasteiger partial charge in [0.2, 0.25) is 0 Å². The quantitative estimate of drug-likeness (QED) is 0.672. The van der Waals surface area contributed by atoms with Gasteiger partial charge in [0.05, 0.1) is 13.2 Å². The molecule has 0 radical (unpaired) electrons. The molecule has 2 N–H and O–H groups in total. The summed E-state index contributed by atoms with van der Waals surface area (Å²) >= 11 is 0. The number of rotatable bonds is 7. The molecule has 4 heteroatoms. The Morgan fingerprint density at radius 1 is 0.846 bits per heavy atom. The van der Waals surface area contributed by atoms with Gasteiger partial charge in [-0.3, -0.25) is 10.1 Å². The summed E-state index contributed by atoms with van der Waals surface area (Å²) in [7, 11) is 1.57. The summed E-state index contributed by atoms with van der Waals surface area (Å²) in [6.07, 6.45) is 0. The Morgan fingerprint density at radius 2 is 1.38 bits per heavy atom. The van der Waals surface area contributed by atoms with Crippen LogP contribution in [0.5, 0.6) is 5.75 Å². The van der Waals surface area contributed by atoms with E-state index in [1.807, 2.05) is 60.7 Å². The molecule has 0 saturated carbocycles. The monoisotopic (exact) mass is 347 g/mol. The molecule has 3 aromatic rings. The molecule has 0 aliphatic carbocycles. The Balaban J connectivity index is 1.99. The normalized spacial score (nSPS) is 11.9. The predicted molar refractivity (Wildman–Crippen MR) is 101 cm³/mol. The van der Waals surface area contributed by atoms with Gasteiger partial charge in [-0.05, 0) is 28.8 Å². The van der Waals surface area contributed by atoms with E-state index in [1.165, 1.54) is 0 Å². The number of hydrogen-bond acceptors (Lipinski definition) is 3. The van der Waals surface area contributed by atoms with Gasteiger partial charge in [0.1, 0.15) is 11.8 Å². The van der Waals surface area contributed by atoms with E-state index >= 15 is 0 Å². The average Bonchev–Trinajstić information content (AvgIpc) is 2.70. The molecule has 3 rings (SSSR count). The zero-order valence-corrected chi connectivity index (χ0v) is 14.5. The lowest BCUT2D eigenvalue weighted by molar-refractivity contribution is -0.139. The lowest BCUT2D eigenvalue weighted by Gasteiger charge is -2.25. The van der Waals surface area contributed by atoms with Gasteiger partial charge >= 0.3 is 5.97 Å². The number of nitrogens with one attached hydrogen (secondary N) is 1. The summed E-state index contributed by atoms with van der Waals surface area (Å²) in [4.78, 5) is 12.0. The van der Waals surface area contributed by atoms with Gasteiger partial charge < -0.3 is 9.84 Å². The fraction of sp³-hybridized carbons (Fsp3) is 0.136. The molecule has 0 saturated heterocycles. The van der Waals surface area contributed by atoms with E-state index in [0.29, 0.717) is 11.3 Å². The Morgan fingerprint density at radius 3 is 1.88 bits per heavy atom. The molecular formula is C22H21NO3. The number of hydrogen-bond donors (Lipinski definition) is 2. The predicted octanol–water partition coefficient (Wildman–Crippen LogP) is 4.20. The molecule has 0 fully saturated rings. The van der Waals surface area contributed by atoms with Crippen molar-refractivity contribution >= 4 is 5.97 Å². The van der Waals surface area contributed by atoms with Crippen molar-refractivity contribution in [1.82, 2.24) is 5.32 Å². The molecule has 0 amide bonds. The molecule has 4 nitrogen and oxygen atoms in total. The molecule has 0 bridgehead atoms. The minimum atomic E-state index is -0.935. The molecule has 0 aromatic heterocycles. The van der Waals surface area contributed by atoms with Crippen LogP contribution in [0.3, 0.4) is 0 Å². The molecule has 1 atom stereocenters. The molecule has 0 unspecified atom stereocenters. The van der Waals surface area contributed by atoms with Crippen LogP contribution in [0, 0.1) is 0 Å². The highest BCUT2D eigenvalue weighted by Crippen LogP contribution is 2.27. The average molecular weight is 347 g/mol. The number of carbonyl (C=O) groups is 1. The Bertz CT molecular complexity index is 810. The molecular weight excluding hydrogens is 326 g/mol. The second-order valence-electron chi connectivity index (χ2n) is 5.97. The van der Waals surface area contributed by atoms with E-state index < -0.39 is 12.0 Å². The Hall–Kier alpha value is -3.11. The maximum absolute atomic E-state index is 12.0. The van der Waals surface area contributed by atoms with Gasteiger partial charge in [-0.1, -0.05) is 72.8 Å². The third kappa shape index (κ3) is 4.10. The first-order chi connectivity index (χ1) is 12.7. The summed E-state index contributed by atoms with van der Waals surface area (Å²) in [5, 5.41) is 13.1. The van der Waals surface area contributed by atoms with Crippen LogP contribution in [0.25, 0.3) is 0 Å². The zero-order valence-electron chi connectivity index (χ0n) is 14.5. The largest absolute Gasteiger partial charge is 0.497 e. The number of carboxylic acids is 1. The van der Waals surface area contributed by atoms with E-state index in [4.69, 9.17) is 4.74 Å². The van der Waals surface area contributed by atoms with Gasteiger partial charge in [-0.15, -0.1) is 0 Å². The first-order valence-corrected chi connectivity index (χ1v) is 8.41. The summed E-state index contributed by atoms with van der Waals surface area (Å²) < 4.78 is 5.24. The van der Waals surface area contributed by atoms with Crippen molar-refractivity contribution in [2.24, 2.45) is 0 Å². The Kier molecular flexibility index (Phi) is 5.66. The van der Waals surface area contributed by atoms with Gasteiger partial charge in [-0.25, -0.2) is 0 Å². The minimum absolute atomic E-state index is 0.246. The lowest BCUT2D eigenvalue weighted by Crippen LogP contribution is -2.32. The highest BCUT2D eigenvalue weighted by atomic mass is 16.5.